The first-order valence-corrected chi connectivity index (χ1v) is 8.20. The second kappa shape index (κ2) is 9.50. The predicted octanol–water partition coefficient (Wildman–Crippen LogP) is 2.67. The minimum absolute atomic E-state index is 0.169. The third-order valence-electron chi connectivity index (χ3n) is 3.56. The number of aromatic nitrogens is 2. The molecule has 0 aliphatic heterocycles. The third-order valence-corrected chi connectivity index (χ3v) is 3.56. The minimum atomic E-state index is -0.169. The van der Waals surface area contributed by atoms with Crippen molar-refractivity contribution in [2.75, 3.05) is 25.5 Å². The summed E-state index contributed by atoms with van der Waals surface area (Å²) in [5.74, 6) is 1.20. The van der Waals surface area contributed by atoms with Crippen LogP contribution in [0.3, 0.4) is 0 Å². The number of carbonyl (C=O) groups is 1. The van der Waals surface area contributed by atoms with Gasteiger partial charge >= 0.3 is 0 Å². The Morgan fingerprint density at radius 3 is 2.71 bits per heavy atom. The van der Waals surface area contributed by atoms with Gasteiger partial charge in [0.25, 0.3) is 5.91 Å². The van der Waals surface area contributed by atoms with Gasteiger partial charge in [0.05, 0.1) is 12.7 Å². The second-order valence-electron chi connectivity index (χ2n) is 5.43. The Bertz CT molecular complexity index is 644. The van der Waals surface area contributed by atoms with E-state index in [1.165, 1.54) is 0 Å². The zero-order chi connectivity index (χ0) is 17.2. The van der Waals surface area contributed by atoms with E-state index in [2.05, 4.69) is 27.5 Å². The number of hydrogen-bond donors (Lipinski definition) is 2. The van der Waals surface area contributed by atoms with Gasteiger partial charge in [0.1, 0.15) is 5.75 Å². The zero-order valence-electron chi connectivity index (χ0n) is 14.2. The molecule has 0 spiro atoms. The van der Waals surface area contributed by atoms with E-state index in [0.717, 1.165) is 37.1 Å². The number of methoxy groups -OCH3 is 1. The number of ether oxygens (including phenoxy) is 1. The fourth-order valence-corrected chi connectivity index (χ4v) is 2.16. The van der Waals surface area contributed by atoms with Crippen LogP contribution in [0.4, 0.5) is 5.95 Å². The van der Waals surface area contributed by atoms with Crippen molar-refractivity contribution in [1.29, 1.82) is 0 Å². The fraction of sp³-hybridized carbons (Fsp3) is 0.389. The van der Waals surface area contributed by atoms with E-state index in [1.54, 1.807) is 19.5 Å². The molecule has 0 fully saturated rings. The Balaban J connectivity index is 1.79. The summed E-state index contributed by atoms with van der Waals surface area (Å²) in [5, 5.41) is 6.00. The topological polar surface area (TPSA) is 76.1 Å². The van der Waals surface area contributed by atoms with E-state index in [0.29, 0.717) is 18.1 Å². The van der Waals surface area contributed by atoms with Gasteiger partial charge in [0.15, 0.2) is 0 Å². The lowest BCUT2D eigenvalue weighted by molar-refractivity contribution is 0.0953. The predicted molar refractivity (Wildman–Crippen MR) is 94.5 cm³/mol. The van der Waals surface area contributed by atoms with Crippen molar-refractivity contribution in [3.05, 3.63) is 47.8 Å². The average Bonchev–Trinajstić information content (AvgIpc) is 2.62. The normalized spacial score (nSPS) is 10.2. The molecule has 0 unspecified atom stereocenters. The second-order valence-corrected chi connectivity index (χ2v) is 5.43. The lowest BCUT2D eigenvalue weighted by atomic mass is 10.1. The zero-order valence-corrected chi connectivity index (χ0v) is 14.2. The van der Waals surface area contributed by atoms with Crippen LogP contribution in [-0.4, -0.2) is 36.1 Å². The van der Waals surface area contributed by atoms with Gasteiger partial charge in [-0.3, -0.25) is 4.79 Å². The highest BCUT2D eigenvalue weighted by atomic mass is 16.5. The number of rotatable bonds is 9. The molecule has 24 heavy (non-hydrogen) atoms. The van der Waals surface area contributed by atoms with E-state index >= 15 is 0 Å². The first-order valence-electron chi connectivity index (χ1n) is 8.20. The van der Waals surface area contributed by atoms with Crippen LogP contribution in [0.25, 0.3) is 0 Å². The highest BCUT2D eigenvalue weighted by molar-refractivity contribution is 5.93. The van der Waals surface area contributed by atoms with Gasteiger partial charge in [-0.25, -0.2) is 9.97 Å². The van der Waals surface area contributed by atoms with Crippen LogP contribution in [0.15, 0.2) is 36.7 Å². The maximum atomic E-state index is 12.1. The number of amides is 1. The van der Waals surface area contributed by atoms with Gasteiger partial charge in [-0.1, -0.05) is 25.5 Å². The molecule has 2 N–H and O–H groups in total. The molecule has 6 heteroatoms. The van der Waals surface area contributed by atoms with Crippen LogP contribution in [0.2, 0.25) is 0 Å². The summed E-state index contributed by atoms with van der Waals surface area (Å²) in [5.41, 5.74) is 1.57. The summed E-state index contributed by atoms with van der Waals surface area (Å²) in [7, 11) is 1.64. The summed E-state index contributed by atoms with van der Waals surface area (Å²) in [6.45, 7) is 3.51. The third kappa shape index (κ3) is 5.53. The molecule has 2 rings (SSSR count). The molecule has 6 nitrogen and oxygen atoms in total. The largest absolute Gasteiger partial charge is 0.497 e. The molecule has 1 amide bonds. The Hall–Kier alpha value is -2.63. The molecule has 1 heterocycles. The Labute approximate surface area is 142 Å². The van der Waals surface area contributed by atoms with Gasteiger partial charge in [-0.2, -0.15) is 0 Å². The Morgan fingerprint density at radius 1 is 1.21 bits per heavy atom. The molecule has 0 aliphatic carbocycles. The molecule has 1 aromatic heterocycles. The van der Waals surface area contributed by atoms with Crippen LogP contribution < -0.4 is 15.4 Å². The van der Waals surface area contributed by atoms with Crippen molar-refractivity contribution in [2.24, 2.45) is 0 Å². The van der Waals surface area contributed by atoms with E-state index in [9.17, 15) is 4.79 Å². The van der Waals surface area contributed by atoms with Crippen LogP contribution >= 0.6 is 0 Å². The van der Waals surface area contributed by atoms with Crippen molar-refractivity contribution < 1.29 is 9.53 Å². The first-order chi connectivity index (χ1) is 11.7. The van der Waals surface area contributed by atoms with Gasteiger partial charge in [-0.15, -0.1) is 0 Å². The van der Waals surface area contributed by atoms with Crippen molar-refractivity contribution in [3.8, 4) is 5.75 Å². The van der Waals surface area contributed by atoms with E-state index < -0.39 is 0 Å². The molecular formula is C18H24N4O2. The number of nitrogens with zero attached hydrogens (tertiary/aromatic N) is 2. The molecule has 128 valence electrons. The quantitative estimate of drug-likeness (QED) is 0.692. The van der Waals surface area contributed by atoms with Gasteiger partial charge in [0.2, 0.25) is 5.95 Å². The molecule has 0 atom stereocenters. The summed E-state index contributed by atoms with van der Waals surface area (Å²) in [6.07, 6.45) is 6.00. The molecule has 0 saturated carbocycles. The number of carbonyl (C=O) groups excluding carboxylic acids is 1. The van der Waals surface area contributed by atoms with E-state index in [1.807, 2.05) is 24.3 Å². The van der Waals surface area contributed by atoms with Crippen LogP contribution in [0.5, 0.6) is 5.75 Å². The Kier molecular flexibility index (Phi) is 7.01. The van der Waals surface area contributed by atoms with E-state index in [4.69, 9.17) is 4.74 Å². The monoisotopic (exact) mass is 328 g/mol. The van der Waals surface area contributed by atoms with Crippen LogP contribution in [0, 0.1) is 0 Å². The molecular weight excluding hydrogens is 304 g/mol. The van der Waals surface area contributed by atoms with Gasteiger partial charge in [-0.05, 0) is 30.5 Å². The first kappa shape index (κ1) is 17.7. The van der Waals surface area contributed by atoms with Crippen LogP contribution in [-0.2, 0) is 6.42 Å². The van der Waals surface area contributed by atoms with Gasteiger partial charge < -0.3 is 15.4 Å². The number of unbranched alkanes of at least 4 members (excludes halogenated alkanes) is 1. The summed E-state index contributed by atoms with van der Waals surface area (Å²) in [4.78, 5) is 20.4. The van der Waals surface area contributed by atoms with Crippen molar-refractivity contribution in [2.45, 2.75) is 26.2 Å². The fourth-order valence-electron chi connectivity index (χ4n) is 2.16. The standard InChI is InChI=1S/C18H24N4O2/c1-3-4-9-20-18-21-12-15(13-22-18)17(23)19-10-8-14-6-5-7-16(11-14)24-2/h5-7,11-13H,3-4,8-10H2,1-2H3,(H,19,23)(H,20,21,22). The highest BCUT2D eigenvalue weighted by Gasteiger charge is 2.07. The SMILES string of the molecule is CCCCNc1ncc(C(=O)NCCc2cccc(OC)c2)cn1. The van der Waals surface area contributed by atoms with Crippen LogP contribution in [0.1, 0.15) is 35.7 Å². The maximum absolute atomic E-state index is 12.1. The average molecular weight is 328 g/mol. The smallest absolute Gasteiger partial charge is 0.254 e. The Morgan fingerprint density at radius 2 is 2.00 bits per heavy atom. The summed E-state index contributed by atoms with van der Waals surface area (Å²) >= 11 is 0. The molecule has 1 aromatic carbocycles. The number of benzene rings is 1. The number of anilines is 1. The molecule has 0 bridgehead atoms. The number of hydrogen-bond acceptors (Lipinski definition) is 5. The highest BCUT2D eigenvalue weighted by Crippen LogP contribution is 2.12. The maximum Gasteiger partial charge on any atom is 0.254 e. The van der Waals surface area contributed by atoms with E-state index in [-0.39, 0.29) is 5.91 Å². The summed E-state index contributed by atoms with van der Waals surface area (Å²) < 4.78 is 5.19. The molecule has 2 aromatic rings. The summed E-state index contributed by atoms with van der Waals surface area (Å²) in [6, 6.07) is 7.81. The molecule has 0 aliphatic rings. The van der Waals surface area contributed by atoms with Gasteiger partial charge in [0, 0.05) is 25.5 Å². The van der Waals surface area contributed by atoms with Crippen molar-refractivity contribution >= 4 is 11.9 Å². The lowest BCUT2D eigenvalue weighted by Gasteiger charge is -2.07. The molecule has 0 saturated heterocycles. The number of nitrogens with one attached hydrogen (secondary N) is 2. The molecule has 0 radical (unpaired) electrons. The lowest BCUT2D eigenvalue weighted by Crippen LogP contribution is -2.26. The minimum Gasteiger partial charge on any atom is -0.497 e. The van der Waals surface area contributed by atoms with Crippen molar-refractivity contribution in [1.82, 2.24) is 15.3 Å². The van der Waals surface area contributed by atoms with Crippen molar-refractivity contribution in [3.63, 3.8) is 0 Å².